The molecule has 0 unspecified atom stereocenters. The summed E-state index contributed by atoms with van der Waals surface area (Å²) in [6, 6.07) is 0. The third-order valence-electron chi connectivity index (χ3n) is 12.2. The van der Waals surface area contributed by atoms with Crippen LogP contribution in [0.3, 0.4) is 0 Å². The van der Waals surface area contributed by atoms with Crippen molar-refractivity contribution < 1.29 is 59.9 Å². The van der Waals surface area contributed by atoms with Crippen LogP contribution in [0.4, 0.5) is 0 Å². The average molecular weight is 585 g/mol. The van der Waals surface area contributed by atoms with Gasteiger partial charge in [0.15, 0.2) is 6.29 Å². The van der Waals surface area contributed by atoms with Gasteiger partial charge in [0.1, 0.15) is 24.9 Å². The average Bonchev–Trinajstić information content (AvgIpc) is 3.45. The van der Waals surface area contributed by atoms with Gasteiger partial charge >= 0.3 is 5.97 Å². The Morgan fingerprint density at radius 2 is 1.76 bits per heavy atom. The third kappa shape index (κ3) is 3.99. The number of fused-ring (bicyclic) bond motifs is 5. The smallest absolute Gasteiger partial charge is 0.331 e. The largest absolute Gasteiger partial charge is 0.458 e. The quantitative estimate of drug-likeness (QED) is 0.140. The number of esters is 1. The molecule has 4 saturated carbocycles. The van der Waals surface area contributed by atoms with Crippen molar-refractivity contribution in [3.63, 3.8) is 0 Å². The number of aliphatic hydroxyl groups excluding tert-OH is 6. The van der Waals surface area contributed by atoms with Gasteiger partial charge < -0.3 is 55.1 Å². The van der Waals surface area contributed by atoms with Gasteiger partial charge in [-0.1, -0.05) is 6.92 Å². The first-order valence-electron chi connectivity index (χ1n) is 14.9. The Bertz CT molecular complexity index is 1080. The minimum absolute atomic E-state index is 0.0369. The maximum Gasteiger partial charge on any atom is 0.331 e. The number of carbonyl (C=O) groups is 1. The minimum atomic E-state index is -1.67. The first-order chi connectivity index (χ1) is 19.2. The van der Waals surface area contributed by atoms with Crippen LogP contribution in [-0.2, 0) is 19.0 Å². The summed E-state index contributed by atoms with van der Waals surface area (Å²) in [6.07, 6.45) is -6.68. The number of hydrogen-bond acceptors (Lipinski definition) is 12. The van der Waals surface area contributed by atoms with Gasteiger partial charge in [-0.3, -0.25) is 0 Å². The zero-order valence-corrected chi connectivity index (χ0v) is 23.5. The summed E-state index contributed by atoms with van der Waals surface area (Å²) in [5.41, 5.74) is -4.46. The number of hydrogen-bond donors (Lipinski definition) is 8. The summed E-state index contributed by atoms with van der Waals surface area (Å²) in [7, 11) is 0. The summed E-state index contributed by atoms with van der Waals surface area (Å²) < 4.78 is 16.7. The van der Waals surface area contributed by atoms with E-state index >= 15 is 0 Å². The fraction of sp³-hybridized carbons (Fsp3) is 0.897. The van der Waals surface area contributed by atoms with Crippen molar-refractivity contribution >= 4 is 5.97 Å². The first kappa shape index (κ1) is 29.9. The van der Waals surface area contributed by atoms with E-state index < -0.39 is 95.5 Å². The van der Waals surface area contributed by atoms with Crippen molar-refractivity contribution in [3.05, 3.63) is 11.6 Å². The molecular formula is C29H44O12. The SMILES string of the molecule is C[C@H]1O[C@H](O[C@@H]2C[C@H](O)[C@@]3(CO)[C@@H]4[C@@H](O)C[C@@]5(C)[C@H](C6=CC(=O)OC6)CC[C@@]5(O)[C@H]4CC[C@@]3(O)C2)[C@@H](O)[C@@H](O)[C@@H]1O. The van der Waals surface area contributed by atoms with Gasteiger partial charge in [-0.05, 0) is 56.4 Å². The Hall–Kier alpha value is -1.19. The highest BCUT2D eigenvalue weighted by molar-refractivity contribution is 5.85. The molecule has 0 amide bonds. The molecule has 0 radical (unpaired) electrons. The van der Waals surface area contributed by atoms with Crippen LogP contribution in [0.5, 0.6) is 0 Å². The van der Waals surface area contributed by atoms with E-state index in [9.17, 15) is 45.6 Å². The minimum Gasteiger partial charge on any atom is -0.458 e. The number of carbonyl (C=O) groups excluding carboxylic acids is 1. The maximum atomic E-state index is 12.4. The molecule has 232 valence electrons. The van der Waals surface area contributed by atoms with E-state index in [1.54, 1.807) is 0 Å². The zero-order valence-electron chi connectivity index (χ0n) is 23.5. The summed E-state index contributed by atoms with van der Waals surface area (Å²) in [4.78, 5) is 11.8. The van der Waals surface area contributed by atoms with Crippen molar-refractivity contribution in [1.82, 2.24) is 0 Å². The second-order valence-electron chi connectivity index (χ2n) is 13.8. The molecule has 0 aromatic rings. The van der Waals surface area contributed by atoms with E-state index in [1.165, 1.54) is 13.0 Å². The number of rotatable bonds is 4. The molecule has 0 aromatic carbocycles. The van der Waals surface area contributed by atoms with Gasteiger partial charge in [-0.2, -0.15) is 0 Å². The highest BCUT2D eigenvalue weighted by atomic mass is 16.7. The van der Waals surface area contributed by atoms with Crippen LogP contribution in [0, 0.1) is 28.6 Å². The predicted molar refractivity (Wildman–Crippen MR) is 139 cm³/mol. The molecule has 8 N–H and O–H groups in total. The van der Waals surface area contributed by atoms with Gasteiger partial charge in [0.2, 0.25) is 0 Å². The molecule has 4 aliphatic carbocycles. The number of cyclic esters (lactones) is 1. The van der Waals surface area contributed by atoms with Crippen LogP contribution in [0.2, 0.25) is 0 Å². The predicted octanol–water partition coefficient (Wildman–Crippen LogP) is -1.51. The molecule has 41 heavy (non-hydrogen) atoms. The fourth-order valence-electron chi connectivity index (χ4n) is 10.1. The Kier molecular flexibility index (Phi) is 7.22. The monoisotopic (exact) mass is 584 g/mol. The van der Waals surface area contributed by atoms with Crippen molar-refractivity contribution in [3.8, 4) is 0 Å². The van der Waals surface area contributed by atoms with Crippen molar-refractivity contribution in [1.29, 1.82) is 0 Å². The van der Waals surface area contributed by atoms with E-state index in [-0.39, 0.29) is 38.2 Å². The van der Waals surface area contributed by atoms with Gasteiger partial charge in [-0.25, -0.2) is 4.79 Å². The maximum absolute atomic E-state index is 12.4. The first-order valence-corrected chi connectivity index (χ1v) is 14.9. The summed E-state index contributed by atoms with van der Waals surface area (Å²) in [5, 5.41) is 89.6. The molecule has 0 aromatic heterocycles. The van der Waals surface area contributed by atoms with Crippen molar-refractivity contribution in [2.45, 2.75) is 119 Å². The van der Waals surface area contributed by atoms with Crippen LogP contribution in [0.15, 0.2) is 11.6 Å². The summed E-state index contributed by atoms with van der Waals surface area (Å²) in [6.45, 7) is 3.00. The lowest BCUT2D eigenvalue weighted by molar-refractivity contribution is -0.342. The second kappa shape index (κ2) is 9.91. The van der Waals surface area contributed by atoms with Gasteiger partial charge in [0.25, 0.3) is 0 Å². The van der Waals surface area contributed by atoms with E-state index in [0.29, 0.717) is 19.3 Å². The molecule has 6 rings (SSSR count). The van der Waals surface area contributed by atoms with Crippen molar-refractivity contribution in [2.75, 3.05) is 13.2 Å². The highest BCUT2D eigenvalue weighted by Gasteiger charge is 2.75. The molecule has 12 nitrogen and oxygen atoms in total. The topological polar surface area (TPSA) is 207 Å². The molecule has 2 aliphatic heterocycles. The Balaban J connectivity index is 1.28. The fourth-order valence-corrected chi connectivity index (χ4v) is 10.1. The molecule has 12 heteroatoms. The zero-order chi connectivity index (χ0) is 29.7. The van der Waals surface area contributed by atoms with E-state index in [2.05, 4.69) is 0 Å². The Labute approximate surface area is 238 Å². The lowest BCUT2D eigenvalue weighted by Crippen LogP contribution is -2.76. The lowest BCUT2D eigenvalue weighted by Gasteiger charge is -2.68. The van der Waals surface area contributed by atoms with Crippen LogP contribution in [-0.4, -0.2) is 120 Å². The summed E-state index contributed by atoms with van der Waals surface area (Å²) >= 11 is 0. The van der Waals surface area contributed by atoms with E-state index in [4.69, 9.17) is 14.2 Å². The second-order valence-corrected chi connectivity index (χ2v) is 13.8. The van der Waals surface area contributed by atoms with Crippen molar-refractivity contribution in [2.24, 2.45) is 28.6 Å². The number of ether oxygens (including phenoxy) is 3. The Morgan fingerprint density at radius 3 is 2.41 bits per heavy atom. The molecule has 1 saturated heterocycles. The van der Waals surface area contributed by atoms with Crippen LogP contribution in [0.1, 0.15) is 58.8 Å². The normalized spacial score (nSPS) is 56.9. The third-order valence-corrected chi connectivity index (χ3v) is 12.2. The number of aliphatic hydroxyl groups is 8. The van der Waals surface area contributed by atoms with E-state index in [1.807, 2.05) is 6.92 Å². The molecular weight excluding hydrogens is 540 g/mol. The lowest BCUT2D eigenvalue weighted by atomic mass is 9.40. The molecule has 15 atom stereocenters. The molecule has 0 bridgehead atoms. The molecule has 2 heterocycles. The standard InChI is InChI=1S/C29H44O12/c1-13-22(34)23(35)24(36)25(40-13)41-15-8-19(32)28(12-30)21-17(3-5-27(28,37)9-15)29(38)6-4-16(14-7-20(33)39-11-14)26(29,2)10-18(21)31/h7,13,15-19,21-25,30-32,34-38H,3-6,8-12H2,1-2H3/t13-,15-,16+,17+,18+,19+,21+,22-,23+,24+,25-,26+,27-,28+,29-/m1/s1. The summed E-state index contributed by atoms with van der Waals surface area (Å²) in [5.74, 6) is -1.93. The highest BCUT2D eigenvalue weighted by Crippen LogP contribution is 2.70. The Morgan fingerprint density at radius 1 is 1.02 bits per heavy atom. The van der Waals surface area contributed by atoms with Gasteiger partial charge in [0, 0.05) is 30.3 Å². The van der Waals surface area contributed by atoms with Crippen LogP contribution in [0.25, 0.3) is 0 Å². The molecule has 5 fully saturated rings. The van der Waals surface area contributed by atoms with Gasteiger partial charge in [-0.15, -0.1) is 0 Å². The van der Waals surface area contributed by atoms with Crippen LogP contribution < -0.4 is 0 Å². The van der Waals surface area contributed by atoms with Gasteiger partial charge in [0.05, 0.1) is 47.6 Å². The van der Waals surface area contributed by atoms with Crippen LogP contribution >= 0.6 is 0 Å². The van der Waals surface area contributed by atoms with E-state index in [0.717, 1.165) is 5.57 Å². The molecule has 6 aliphatic rings. The molecule has 0 spiro atoms.